The van der Waals surface area contributed by atoms with Gasteiger partial charge in [0.15, 0.2) is 5.82 Å². The highest BCUT2D eigenvalue weighted by Crippen LogP contribution is 2.34. The highest BCUT2D eigenvalue weighted by Gasteiger charge is 2.40. The predicted octanol–water partition coefficient (Wildman–Crippen LogP) is 4.45. The second kappa shape index (κ2) is 17.0. The van der Waals surface area contributed by atoms with Gasteiger partial charge in [-0.2, -0.15) is 12.7 Å². The van der Waals surface area contributed by atoms with Crippen molar-refractivity contribution in [2.45, 2.75) is 44.6 Å². The zero-order valence-electron chi connectivity index (χ0n) is 35.2. The molecular weight excluding hydrogens is 864 g/mol. The third kappa shape index (κ3) is 8.37. The summed E-state index contributed by atoms with van der Waals surface area (Å²) in [5.74, 6) is -3.89. The molecule has 65 heavy (non-hydrogen) atoms. The van der Waals surface area contributed by atoms with Gasteiger partial charge in [0.2, 0.25) is 17.6 Å². The lowest BCUT2D eigenvalue weighted by atomic mass is 9.97. The molecule has 0 spiro atoms. The molecule has 4 fully saturated rings. The number of imide groups is 1. The first-order chi connectivity index (χ1) is 31.3. The van der Waals surface area contributed by atoms with Gasteiger partial charge in [-0.3, -0.25) is 34.1 Å². The Morgan fingerprint density at radius 3 is 2.38 bits per heavy atom. The highest BCUT2D eigenvalue weighted by atomic mass is 32.2. The first kappa shape index (κ1) is 42.8. The van der Waals surface area contributed by atoms with Crippen molar-refractivity contribution in [1.82, 2.24) is 34.3 Å². The molecule has 338 valence electrons. The summed E-state index contributed by atoms with van der Waals surface area (Å²) in [5, 5.41) is 2.69. The van der Waals surface area contributed by atoms with E-state index in [1.54, 1.807) is 17.2 Å². The number of benzene rings is 3. The van der Waals surface area contributed by atoms with Crippen LogP contribution in [0.5, 0.6) is 0 Å². The maximum Gasteiger partial charge on any atom is 0.301 e. The van der Waals surface area contributed by atoms with Crippen LogP contribution in [0.15, 0.2) is 73.1 Å². The number of halogens is 3. The lowest BCUT2D eigenvalue weighted by molar-refractivity contribution is -0.136. The largest absolute Gasteiger partial charge is 0.371 e. The fourth-order valence-corrected chi connectivity index (χ4v) is 10.9. The maximum absolute atomic E-state index is 15.7. The van der Waals surface area contributed by atoms with Crippen molar-refractivity contribution in [2.75, 3.05) is 68.5 Å². The number of piperidine rings is 1. The molecule has 2 atom stereocenters. The van der Waals surface area contributed by atoms with E-state index in [1.165, 1.54) is 6.20 Å². The summed E-state index contributed by atoms with van der Waals surface area (Å²) in [6.07, 6.45) is 2.19. The van der Waals surface area contributed by atoms with E-state index in [4.69, 9.17) is 0 Å². The van der Waals surface area contributed by atoms with Crippen molar-refractivity contribution in [1.29, 1.82) is 0 Å². The average Bonchev–Trinajstić information content (AvgIpc) is 4.00. The first-order valence-electron chi connectivity index (χ1n) is 21.8. The van der Waals surface area contributed by atoms with E-state index in [2.05, 4.69) is 36.1 Å². The number of pyridine rings is 1. The minimum Gasteiger partial charge on any atom is -0.371 e. The number of ketones is 1. The van der Waals surface area contributed by atoms with Gasteiger partial charge >= 0.3 is 10.2 Å². The number of carbonyl (C=O) groups excluding carboxylic acids is 4. The van der Waals surface area contributed by atoms with Gasteiger partial charge in [-0.15, -0.1) is 0 Å². The molecule has 7 heterocycles. The Bertz CT molecular complexity index is 2850. The summed E-state index contributed by atoms with van der Waals surface area (Å²) in [6, 6.07) is 16.7. The van der Waals surface area contributed by atoms with Crippen LogP contribution in [0, 0.1) is 17.6 Å². The van der Waals surface area contributed by atoms with Crippen LogP contribution < -0.4 is 14.9 Å². The SMILES string of the molecule is O=C1CCC(N2Cc3cc(N4CC(CN5CCN(Cc6ccc(-c7cnc8[nH]cc(C(=O)c9c(F)ccc(NS(=O)(=O)N%10CC[C@@H](F)C%10)c9F)c8c7)cc6)CC5)C4)ccc3C2=O)C(=O)N1. The van der Waals surface area contributed by atoms with Gasteiger partial charge in [-0.05, 0) is 65.9 Å². The highest BCUT2D eigenvalue weighted by molar-refractivity contribution is 7.90. The normalized spacial score (nSPS) is 21.2. The summed E-state index contributed by atoms with van der Waals surface area (Å²) in [6.45, 7) is 7.32. The smallest absolute Gasteiger partial charge is 0.301 e. The molecule has 3 N–H and O–H groups in total. The molecule has 0 aliphatic carbocycles. The lowest BCUT2D eigenvalue weighted by Crippen LogP contribution is -2.54. The zero-order valence-corrected chi connectivity index (χ0v) is 36.1. The number of H-pyrrole nitrogens is 1. The number of alkyl halides is 1. The second-order valence-electron chi connectivity index (χ2n) is 17.6. The monoisotopic (exact) mass is 909 g/mol. The van der Waals surface area contributed by atoms with E-state index >= 15 is 8.78 Å². The first-order valence-corrected chi connectivity index (χ1v) is 23.2. The molecular formula is C46H46F3N9O6S. The number of fused-ring (bicyclic) bond motifs is 2. The number of nitrogens with one attached hydrogen (secondary N) is 3. The summed E-state index contributed by atoms with van der Waals surface area (Å²) < 4.78 is 73.0. The van der Waals surface area contributed by atoms with Gasteiger partial charge in [0, 0.05) is 124 Å². The van der Waals surface area contributed by atoms with Gasteiger partial charge in [-0.25, -0.2) is 18.2 Å². The minimum absolute atomic E-state index is 0.00367. The Labute approximate surface area is 372 Å². The van der Waals surface area contributed by atoms with Crippen molar-refractivity contribution in [3.05, 3.63) is 113 Å². The molecule has 4 saturated heterocycles. The molecule has 1 unspecified atom stereocenters. The van der Waals surface area contributed by atoms with Crippen molar-refractivity contribution >= 4 is 56.1 Å². The third-order valence-corrected chi connectivity index (χ3v) is 14.8. The Morgan fingerprint density at radius 2 is 1.65 bits per heavy atom. The number of nitrogens with zero attached hydrogens (tertiary/aromatic N) is 6. The summed E-state index contributed by atoms with van der Waals surface area (Å²) in [7, 11) is -4.35. The summed E-state index contributed by atoms with van der Waals surface area (Å²) in [4.78, 5) is 67.1. The van der Waals surface area contributed by atoms with Crippen molar-refractivity contribution in [2.24, 2.45) is 5.92 Å². The molecule has 5 aliphatic rings. The molecule has 5 aliphatic heterocycles. The number of aromatic nitrogens is 2. The molecule has 3 amide bonds. The van der Waals surface area contributed by atoms with Crippen LogP contribution in [0.3, 0.4) is 0 Å². The van der Waals surface area contributed by atoms with E-state index in [0.717, 1.165) is 91.2 Å². The zero-order chi connectivity index (χ0) is 45.1. The Balaban J connectivity index is 0.718. The molecule has 19 heteroatoms. The van der Waals surface area contributed by atoms with E-state index in [-0.39, 0.29) is 43.3 Å². The van der Waals surface area contributed by atoms with Crippen LogP contribution in [0.25, 0.3) is 22.2 Å². The molecule has 5 aromatic rings. The summed E-state index contributed by atoms with van der Waals surface area (Å²) in [5.41, 5.74) is 3.97. The van der Waals surface area contributed by atoms with Gasteiger partial charge in [0.25, 0.3) is 5.91 Å². The molecule has 0 radical (unpaired) electrons. The Hall–Kier alpha value is -6.15. The Morgan fingerprint density at radius 1 is 0.877 bits per heavy atom. The van der Waals surface area contributed by atoms with E-state index in [0.29, 0.717) is 41.0 Å². The lowest BCUT2D eigenvalue weighted by Gasteiger charge is -2.45. The number of rotatable bonds is 12. The topological polar surface area (TPSA) is 171 Å². The van der Waals surface area contributed by atoms with E-state index in [9.17, 15) is 32.0 Å². The van der Waals surface area contributed by atoms with Gasteiger partial charge in [-0.1, -0.05) is 24.3 Å². The van der Waals surface area contributed by atoms with Crippen molar-refractivity contribution < 1.29 is 40.8 Å². The fourth-order valence-electron chi connectivity index (χ4n) is 9.64. The third-order valence-electron chi connectivity index (χ3n) is 13.3. The molecule has 10 rings (SSSR count). The molecule has 15 nitrogen and oxygen atoms in total. The number of piperazine rings is 1. The van der Waals surface area contributed by atoms with Crippen molar-refractivity contribution in [3.63, 3.8) is 0 Å². The molecule has 0 bridgehead atoms. The summed E-state index contributed by atoms with van der Waals surface area (Å²) >= 11 is 0. The van der Waals surface area contributed by atoms with Crippen LogP contribution in [0.2, 0.25) is 0 Å². The quantitative estimate of drug-likeness (QED) is 0.120. The fraction of sp³-hybridized carbons (Fsp3) is 0.370. The van der Waals surface area contributed by atoms with Crippen LogP contribution >= 0.6 is 0 Å². The number of amides is 3. The number of anilines is 2. The Kier molecular flexibility index (Phi) is 11.2. The maximum atomic E-state index is 15.7. The number of carbonyl (C=O) groups is 4. The van der Waals surface area contributed by atoms with Gasteiger partial charge in [0.1, 0.15) is 23.7 Å². The minimum atomic E-state index is -4.35. The van der Waals surface area contributed by atoms with Crippen LogP contribution in [0.4, 0.5) is 24.5 Å². The van der Waals surface area contributed by atoms with E-state index in [1.807, 2.05) is 41.1 Å². The standard InChI is InChI=1S/C46H46F3N9O6S/c47-32-11-12-57(26-32)65(63,64)53-38-8-7-37(48)41(42(38)49)43(60)36-20-51-44-35(36)18-30(19-50-44)29-3-1-27(2-4-29)21-54-13-15-55(16-14-54)22-28-23-56(24-28)33-5-6-34-31(17-33)25-58(46(34)62)39-9-10-40(59)52-45(39)61/h1-8,17-20,28,32,39,53H,9-16,21-26H2,(H,50,51)(H,52,59,61)/t32-,39?/m1/s1. The van der Waals surface area contributed by atoms with Gasteiger partial charge < -0.3 is 19.7 Å². The van der Waals surface area contributed by atoms with Gasteiger partial charge in [0.05, 0.1) is 11.3 Å². The molecule has 0 saturated carbocycles. The number of hydrogen-bond donors (Lipinski definition) is 3. The van der Waals surface area contributed by atoms with E-state index < -0.39 is 57.0 Å². The van der Waals surface area contributed by atoms with Crippen LogP contribution in [-0.2, 0) is 32.9 Å². The molecule has 3 aromatic carbocycles. The van der Waals surface area contributed by atoms with Crippen LogP contribution in [0.1, 0.15) is 56.7 Å². The second-order valence-corrected chi connectivity index (χ2v) is 19.2. The predicted molar refractivity (Wildman–Crippen MR) is 235 cm³/mol. The number of hydrogen-bond acceptors (Lipinski definition) is 10. The average molecular weight is 910 g/mol. The van der Waals surface area contributed by atoms with Crippen molar-refractivity contribution in [3.8, 4) is 11.1 Å². The number of aromatic amines is 1. The van der Waals surface area contributed by atoms with Crippen LogP contribution in [-0.4, -0.2) is 132 Å². The molecule has 2 aromatic heterocycles.